The highest BCUT2D eigenvalue weighted by atomic mass is 16.7. The van der Waals surface area contributed by atoms with Gasteiger partial charge in [0.15, 0.2) is 18.9 Å². The summed E-state index contributed by atoms with van der Waals surface area (Å²) < 4.78 is 39.8. The molecule has 0 spiro atoms. The molecule has 0 aromatic rings. The molecule has 11 heteroatoms. The lowest BCUT2D eigenvalue weighted by molar-refractivity contribution is -0.349. The van der Waals surface area contributed by atoms with Crippen LogP contribution in [0.5, 0.6) is 0 Å². The van der Waals surface area contributed by atoms with Crippen LogP contribution in [-0.4, -0.2) is 115 Å². The molecule has 3 saturated heterocycles. The second-order valence-electron chi connectivity index (χ2n) is 8.47. The molecule has 11 nitrogen and oxygen atoms in total. The van der Waals surface area contributed by atoms with Gasteiger partial charge in [-0.3, -0.25) is 0 Å². The zero-order valence-corrected chi connectivity index (χ0v) is 18.6. The topological polar surface area (TPSA) is 146 Å². The van der Waals surface area contributed by atoms with Crippen molar-refractivity contribution in [1.82, 2.24) is 0 Å². The van der Waals surface area contributed by atoms with Crippen LogP contribution in [-0.2, 0) is 33.2 Å². The molecule has 0 radical (unpaired) electrons. The summed E-state index contributed by atoms with van der Waals surface area (Å²) in [7, 11) is 2.94. The van der Waals surface area contributed by atoms with E-state index in [1.807, 2.05) is 0 Å². The van der Waals surface area contributed by atoms with Crippen LogP contribution in [0.2, 0.25) is 0 Å². The van der Waals surface area contributed by atoms with Crippen molar-refractivity contribution in [3.8, 4) is 0 Å². The Kier molecular flexibility index (Phi) is 8.66. The molecule has 182 valence electrons. The van der Waals surface area contributed by atoms with Crippen LogP contribution >= 0.6 is 0 Å². The van der Waals surface area contributed by atoms with E-state index in [0.29, 0.717) is 6.42 Å². The largest absolute Gasteiger partial charge is 0.390 e. The number of aliphatic hydroxyl groups excluding tert-OH is 4. The highest BCUT2D eigenvalue weighted by molar-refractivity contribution is 4.91. The summed E-state index contributed by atoms with van der Waals surface area (Å²) in [5.41, 5.74) is 0. The zero-order chi connectivity index (χ0) is 22.9. The predicted octanol–water partition coefficient (Wildman–Crippen LogP) is -1.12. The van der Waals surface area contributed by atoms with E-state index in [-0.39, 0.29) is 6.42 Å². The summed E-state index contributed by atoms with van der Waals surface area (Å²) in [4.78, 5) is 0. The van der Waals surface area contributed by atoms with Crippen molar-refractivity contribution in [3.63, 3.8) is 0 Å². The van der Waals surface area contributed by atoms with E-state index in [2.05, 4.69) is 0 Å². The molecule has 3 heterocycles. The maximum Gasteiger partial charge on any atom is 0.187 e. The third-order valence-electron chi connectivity index (χ3n) is 6.23. The lowest BCUT2D eigenvalue weighted by Gasteiger charge is -2.46. The maximum absolute atomic E-state index is 10.5. The Morgan fingerprint density at radius 1 is 0.677 bits per heavy atom. The average molecular weight is 452 g/mol. The van der Waals surface area contributed by atoms with Crippen LogP contribution in [0.1, 0.15) is 33.6 Å². The number of aliphatic hydroxyl groups is 4. The molecule has 0 amide bonds. The SMILES string of the molecule is CO[C@@H]1[C@@H](O)[C@H](O[C@H]2[C@@H](OC)C[C@H](O[C@H]3[C@@H](O)C[C@H](O)O[C@@H]3C)O[C@@H]2C)O[C@H](C)[C@H]1O. The first-order chi connectivity index (χ1) is 14.7. The quantitative estimate of drug-likeness (QED) is 0.389. The Balaban J connectivity index is 1.63. The van der Waals surface area contributed by atoms with Crippen molar-refractivity contribution in [3.05, 3.63) is 0 Å². The minimum Gasteiger partial charge on any atom is -0.390 e. The lowest BCUT2D eigenvalue weighted by atomic mass is 9.98. The van der Waals surface area contributed by atoms with Gasteiger partial charge in [0.2, 0.25) is 0 Å². The third-order valence-corrected chi connectivity index (χ3v) is 6.23. The first kappa shape index (κ1) is 25.2. The molecule has 3 aliphatic rings. The molecule has 0 aliphatic carbocycles. The summed E-state index contributed by atoms with van der Waals surface area (Å²) in [6, 6.07) is 0. The fourth-order valence-corrected chi connectivity index (χ4v) is 4.47. The van der Waals surface area contributed by atoms with Crippen molar-refractivity contribution in [2.24, 2.45) is 0 Å². The molecular weight excluding hydrogens is 416 g/mol. The van der Waals surface area contributed by atoms with Crippen LogP contribution in [0.25, 0.3) is 0 Å². The molecule has 13 atom stereocenters. The lowest BCUT2D eigenvalue weighted by Crippen LogP contribution is -2.61. The first-order valence-electron chi connectivity index (χ1n) is 10.7. The molecule has 31 heavy (non-hydrogen) atoms. The highest BCUT2D eigenvalue weighted by Crippen LogP contribution is 2.32. The van der Waals surface area contributed by atoms with Crippen LogP contribution in [0.4, 0.5) is 0 Å². The van der Waals surface area contributed by atoms with Crippen LogP contribution in [0.15, 0.2) is 0 Å². The summed E-state index contributed by atoms with van der Waals surface area (Å²) in [5.74, 6) is 0. The number of ether oxygens (including phenoxy) is 7. The molecule has 0 bridgehead atoms. The minimum atomic E-state index is -1.20. The van der Waals surface area contributed by atoms with E-state index < -0.39 is 79.9 Å². The van der Waals surface area contributed by atoms with Crippen molar-refractivity contribution < 1.29 is 53.6 Å². The molecule has 3 aliphatic heterocycles. The van der Waals surface area contributed by atoms with Gasteiger partial charge in [0.1, 0.15) is 30.5 Å². The Labute approximate surface area is 182 Å². The van der Waals surface area contributed by atoms with E-state index in [1.54, 1.807) is 20.8 Å². The molecular formula is C20H36O11. The second-order valence-corrected chi connectivity index (χ2v) is 8.47. The number of hydrogen-bond donors (Lipinski definition) is 4. The van der Waals surface area contributed by atoms with Crippen LogP contribution in [0.3, 0.4) is 0 Å². The molecule has 0 unspecified atom stereocenters. The highest BCUT2D eigenvalue weighted by Gasteiger charge is 2.48. The Morgan fingerprint density at radius 2 is 1.35 bits per heavy atom. The smallest absolute Gasteiger partial charge is 0.187 e. The normalized spacial score (nSPS) is 51.6. The van der Waals surface area contributed by atoms with Gasteiger partial charge in [-0.25, -0.2) is 0 Å². The average Bonchev–Trinajstić information content (AvgIpc) is 2.70. The van der Waals surface area contributed by atoms with Gasteiger partial charge in [-0.05, 0) is 20.8 Å². The molecule has 4 N–H and O–H groups in total. The van der Waals surface area contributed by atoms with Gasteiger partial charge < -0.3 is 53.6 Å². The monoisotopic (exact) mass is 452 g/mol. The van der Waals surface area contributed by atoms with Crippen molar-refractivity contribution >= 4 is 0 Å². The van der Waals surface area contributed by atoms with Gasteiger partial charge in [0.25, 0.3) is 0 Å². The van der Waals surface area contributed by atoms with Gasteiger partial charge in [-0.15, -0.1) is 0 Å². The molecule has 0 aromatic heterocycles. The van der Waals surface area contributed by atoms with Gasteiger partial charge in [0.05, 0.1) is 30.5 Å². The van der Waals surface area contributed by atoms with Gasteiger partial charge in [-0.1, -0.05) is 0 Å². The molecule has 0 saturated carbocycles. The van der Waals surface area contributed by atoms with E-state index in [1.165, 1.54) is 14.2 Å². The van der Waals surface area contributed by atoms with Crippen molar-refractivity contribution in [2.45, 2.75) is 114 Å². The summed E-state index contributed by atoms with van der Waals surface area (Å²) in [6.07, 6.45) is -9.63. The maximum atomic E-state index is 10.5. The van der Waals surface area contributed by atoms with Crippen molar-refractivity contribution in [2.75, 3.05) is 14.2 Å². The van der Waals surface area contributed by atoms with E-state index in [9.17, 15) is 20.4 Å². The van der Waals surface area contributed by atoms with E-state index in [4.69, 9.17) is 33.2 Å². The molecule has 3 fully saturated rings. The Morgan fingerprint density at radius 3 is 1.97 bits per heavy atom. The fraction of sp³-hybridized carbons (Fsp3) is 1.00. The predicted molar refractivity (Wildman–Crippen MR) is 104 cm³/mol. The summed E-state index contributed by atoms with van der Waals surface area (Å²) in [6.45, 7) is 5.17. The number of methoxy groups -OCH3 is 2. The first-order valence-corrected chi connectivity index (χ1v) is 10.7. The second kappa shape index (κ2) is 10.7. The van der Waals surface area contributed by atoms with Crippen LogP contribution < -0.4 is 0 Å². The molecule has 0 aromatic carbocycles. The summed E-state index contributed by atoms with van der Waals surface area (Å²) >= 11 is 0. The Bertz CT molecular complexity index is 553. The van der Waals surface area contributed by atoms with Crippen molar-refractivity contribution in [1.29, 1.82) is 0 Å². The van der Waals surface area contributed by atoms with E-state index in [0.717, 1.165) is 0 Å². The zero-order valence-electron chi connectivity index (χ0n) is 18.6. The minimum absolute atomic E-state index is 0.0539. The third kappa shape index (κ3) is 5.56. The van der Waals surface area contributed by atoms with Gasteiger partial charge in [0, 0.05) is 27.1 Å². The number of rotatable bonds is 6. The summed E-state index contributed by atoms with van der Waals surface area (Å²) in [5, 5.41) is 40.6. The van der Waals surface area contributed by atoms with Crippen LogP contribution in [0, 0.1) is 0 Å². The number of hydrogen-bond acceptors (Lipinski definition) is 11. The van der Waals surface area contributed by atoms with E-state index >= 15 is 0 Å². The Hall–Kier alpha value is -0.440. The van der Waals surface area contributed by atoms with Gasteiger partial charge >= 0.3 is 0 Å². The fourth-order valence-electron chi connectivity index (χ4n) is 4.47. The standard InChI is InChI=1S/C20H36O11/c1-8-15(23)19(26-5)16(24)20(29-8)31-18-10(3)28-14(7-12(18)25-4)30-17-9(2)27-13(22)6-11(17)21/h8-24H,6-7H2,1-5H3/t8-,9-,10-,11+,12+,13-,14+,15-,16-,17-,18-,19+,20+/m1/s1. The molecule has 3 rings (SSSR count). The van der Waals surface area contributed by atoms with Gasteiger partial charge in [-0.2, -0.15) is 0 Å².